The fourth-order valence-electron chi connectivity index (χ4n) is 6.14. The third-order valence-electron chi connectivity index (χ3n) is 8.12. The summed E-state index contributed by atoms with van der Waals surface area (Å²) in [7, 11) is 0. The van der Waals surface area contributed by atoms with E-state index >= 15 is 0 Å². The van der Waals surface area contributed by atoms with Crippen molar-refractivity contribution in [3.8, 4) is 45.6 Å². The van der Waals surface area contributed by atoms with Crippen LogP contribution in [0.25, 0.3) is 89.7 Å². The van der Waals surface area contributed by atoms with E-state index in [1.807, 2.05) is 60.7 Å². The minimum atomic E-state index is 0.601. The van der Waals surface area contributed by atoms with Gasteiger partial charge in [-0.25, -0.2) is 29.9 Å². The molecule has 198 valence electrons. The van der Waals surface area contributed by atoms with E-state index in [1.165, 1.54) is 0 Å². The molecule has 0 radical (unpaired) electrons. The van der Waals surface area contributed by atoms with E-state index in [-0.39, 0.29) is 0 Å². The molecule has 5 heterocycles. The van der Waals surface area contributed by atoms with Crippen LogP contribution in [-0.4, -0.2) is 39.9 Å². The van der Waals surface area contributed by atoms with E-state index < -0.39 is 0 Å². The number of rotatable bonds is 0. The number of nitrogens with one attached hydrogen (secondary N) is 2. The summed E-state index contributed by atoms with van der Waals surface area (Å²) in [6.45, 7) is 4.17. The van der Waals surface area contributed by atoms with Gasteiger partial charge >= 0.3 is 0 Å². The molecule has 0 fully saturated rings. The van der Waals surface area contributed by atoms with Crippen LogP contribution in [0.15, 0.2) is 84.9 Å². The Morgan fingerprint density at radius 1 is 0.381 bits per heavy atom. The van der Waals surface area contributed by atoms with Crippen molar-refractivity contribution in [1.82, 2.24) is 39.9 Å². The summed E-state index contributed by atoms with van der Waals surface area (Å²) in [5.41, 5.74) is 8.70. The Hall–Kier alpha value is -5.76. The molecule has 0 spiro atoms. The van der Waals surface area contributed by atoms with E-state index in [0.717, 1.165) is 54.9 Å². The SMILES string of the molecule is Cc1cccc2c3nc4nc(nc5[nH]c(nc6nc(nc([nH]3)c12)-c1ccccc1-6)c1c(C)cccc51)-c1ccccc1-4. The van der Waals surface area contributed by atoms with Crippen LogP contribution in [0.2, 0.25) is 0 Å². The largest absolute Gasteiger partial charge is 0.324 e. The van der Waals surface area contributed by atoms with Crippen molar-refractivity contribution in [1.29, 1.82) is 0 Å². The molecule has 0 aliphatic carbocycles. The number of aromatic amines is 2. The van der Waals surface area contributed by atoms with Gasteiger partial charge in [-0.1, -0.05) is 84.9 Å². The second-order valence-corrected chi connectivity index (χ2v) is 10.7. The lowest BCUT2D eigenvalue weighted by Gasteiger charge is -1.98. The maximum Gasteiger partial charge on any atom is 0.164 e. The zero-order chi connectivity index (χ0) is 27.9. The zero-order valence-corrected chi connectivity index (χ0v) is 22.8. The lowest BCUT2D eigenvalue weighted by atomic mass is 10.1. The number of hydrogen-bond donors (Lipinski definition) is 2. The molecule has 8 nitrogen and oxygen atoms in total. The summed E-state index contributed by atoms with van der Waals surface area (Å²) in [6.07, 6.45) is 0. The van der Waals surface area contributed by atoms with Gasteiger partial charge in [-0.05, 0) is 25.0 Å². The molecule has 0 saturated carbocycles. The van der Waals surface area contributed by atoms with Gasteiger partial charge < -0.3 is 9.97 Å². The molecule has 3 aromatic heterocycles. The Kier molecular flexibility index (Phi) is 4.58. The predicted molar refractivity (Wildman–Crippen MR) is 166 cm³/mol. The van der Waals surface area contributed by atoms with Crippen LogP contribution < -0.4 is 0 Å². The van der Waals surface area contributed by atoms with E-state index in [1.54, 1.807) is 0 Å². The van der Waals surface area contributed by atoms with Gasteiger partial charge in [0.15, 0.2) is 23.3 Å². The van der Waals surface area contributed by atoms with E-state index in [4.69, 9.17) is 29.9 Å². The molecule has 2 aliphatic rings. The average molecular weight is 543 g/mol. The molecular formula is C34H22N8. The summed E-state index contributed by atoms with van der Waals surface area (Å²) in [5.74, 6) is 2.41. The zero-order valence-electron chi connectivity index (χ0n) is 22.8. The summed E-state index contributed by atoms with van der Waals surface area (Å²) < 4.78 is 0. The minimum absolute atomic E-state index is 0.601. The molecular weight excluding hydrogens is 520 g/mol. The summed E-state index contributed by atoms with van der Waals surface area (Å²) >= 11 is 0. The Labute approximate surface area is 239 Å². The molecule has 2 N–H and O–H groups in total. The van der Waals surface area contributed by atoms with Crippen LogP contribution in [0.3, 0.4) is 0 Å². The highest BCUT2D eigenvalue weighted by atomic mass is 15.1. The molecule has 9 rings (SSSR count). The first-order valence-corrected chi connectivity index (χ1v) is 13.8. The van der Waals surface area contributed by atoms with Crippen LogP contribution in [0, 0.1) is 13.8 Å². The highest BCUT2D eigenvalue weighted by Crippen LogP contribution is 2.37. The molecule has 8 bridgehead atoms. The second-order valence-electron chi connectivity index (χ2n) is 10.7. The Bertz CT molecular complexity index is 2280. The van der Waals surface area contributed by atoms with Crippen LogP contribution in [-0.2, 0) is 0 Å². The maximum atomic E-state index is 5.09. The number of H-pyrrole nitrogens is 2. The first kappa shape index (κ1) is 23.0. The van der Waals surface area contributed by atoms with Gasteiger partial charge in [0.2, 0.25) is 0 Å². The first-order chi connectivity index (χ1) is 20.6. The Morgan fingerprint density at radius 3 is 1.12 bits per heavy atom. The van der Waals surface area contributed by atoms with Crippen molar-refractivity contribution in [2.24, 2.45) is 0 Å². The normalized spacial score (nSPS) is 12.0. The maximum absolute atomic E-state index is 5.09. The quantitative estimate of drug-likeness (QED) is 0.206. The van der Waals surface area contributed by atoms with E-state index in [0.29, 0.717) is 45.9 Å². The van der Waals surface area contributed by atoms with Gasteiger partial charge in [-0.2, -0.15) is 0 Å². The van der Waals surface area contributed by atoms with Crippen LogP contribution in [0.5, 0.6) is 0 Å². The van der Waals surface area contributed by atoms with E-state index in [2.05, 4.69) is 48.1 Å². The molecule has 0 saturated heterocycles. The van der Waals surface area contributed by atoms with Crippen LogP contribution in [0.4, 0.5) is 0 Å². The van der Waals surface area contributed by atoms with Gasteiger partial charge in [0, 0.05) is 43.8 Å². The fourth-order valence-corrected chi connectivity index (χ4v) is 6.14. The van der Waals surface area contributed by atoms with Crippen molar-refractivity contribution < 1.29 is 0 Å². The molecule has 2 aliphatic heterocycles. The summed E-state index contributed by atoms with van der Waals surface area (Å²) in [4.78, 5) is 37.2. The van der Waals surface area contributed by atoms with Gasteiger partial charge in [0.25, 0.3) is 0 Å². The standard InChI is InChI=1S/C34H22N8/c1-17-9-7-15-23-25(17)33-39-29-21-13-5-6-14-22(21)30(36-29)40-34-26-18(2)10-8-16-24(26)32(42-34)38-28-20-12-4-3-11-19(20)27(35-28)37-31(23)41-33/h3-16H,1-2H3,(H2,35,36,37,38,39,40,41,42). The monoisotopic (exact) mass is 542 g/mol. The van der Waals surface area contributed by atoms with Gasteiger partial charge in [-0.15, -0.1) is 0 Å². The fraction of sp³-hybridized carbons (Fsp3) is 0.0588. The smallest absolute Gasteiger partial charge is 0.164 e. The molecule has 8 heteroatoms. The van der Waals surface area contributed by atoms with Crippen molar-refractivity contribution in [2.45, 2.75) is 13.8 Å². The van der Waals surface area contributed by atoms with Crippen LogP contribution in [0.1, 0.15) is 11.1 Å². The third-order valence-corrected chi connectivity index (χ3v) is 8.12. The van der Waals surface area contributed by atoms with Gasteiger partial charge in [-0.3, -0.25) is 0 Å². The molecule has 7 aromatic rings. The number of hydrogen-bond acceptors (Lipinski definition) is 6. The molecule has 0 unspecified atom stereocenters. The Balaban J connectivity index is 1.53. The van der Waals surface area contributed by atoms with Crippen molar-refractivity contribution in [2.75, 3.05) is 0 Å². The number of nitrogens with zero attached hydrogens (tertiary/aromatic N) is 6. The van der Waals surface area contributed by atoms with Gasteiger partial charge in [0.1, 0.15) is 22.6 Å². The minimum Gasteiger partial charge on any atom is -0.324 e. The first-order valence-electron chi connectivity index (χ1n) is 13.8. The molecule has 42 heavy (non-hydrogen) atoms. The van der Waals surface area contributed by atoms with Crippen molar-refractivity contribution in [3.05, 3.63) is 96.1 Å². The summed E-state index contributed by atoms with van der Waals surface area (Å²) in [5, 5.41) is 3.95. The topological polar surface area (TPSA) is 109 Å². The predicted octanol–water partition coefficient (Wildman–Crippen LogP) is 7.49. The number of aromatic nitrogens is 8. The highest BCUT2D eigenvalue weighted by molar-refractivity contribution is 6.08. The summed E-state index contributed by atoms with van der Waals surface area (Å²) in [6, 6.07) is 28.5. The Morgan fingerprint density at radius 2 is 0.738 bits per heavy atom. The molecule has 0 atom stereocenters. The molecule has 0 amide bonds. The number of benzene rings is 4. The average Bonchev–Trinajstić information content (AvgIpc) is 3.73. The number of aryl methyl sites for hydroxylation is 2. The van der Waals surface area contributed by atoms with Crippen LogP contribution >= 0.6 is 0 Å². The highest BCUT2D eigenvalue weighted by Gasteiger charge is 2.22. The lowest BCUT2D eigenvalue weighted by molar-refractivity contribution is 1.19. The number of fused-ring (bicyclic) bond motifs is 20. The van der Waals surface area contributed by atoms with Crippen molar-refractivity contribution >= 4 is 44.1 Å². The molecule has 4 aromatic carbocycles. The second kappa shape index (κ2) is 8.37. The van der Waals surface area contributed by atoms with Gasteiger partial charge in [0.05, 0.1) is 0 Å². The third kappa shape index (κ3) is 3.23. The van der Waals surface area contributed by atoms with Crippen molar-refractivity contribution in [3.63, 3.8) is 0 Å². The lowest BCUT2D eigenvalue weighted by Crippen LogP contribution is -1.83. The van der Waals surface area contributed by atoms with E-state index in [9.17, 15) is 0 Å².